The largest absolute Gasteiger partial charge is 0.444 e. The van der Waals surface area contributed by atoms with Crippen LogP contribution in [0, 0.1) is 5.92 Å². The lowest BCUT2D eigenvalue weighted by atomic mass is 9.99. The highest BCUT2D eigenvalue weighted by Gasteiger charge is 2.35. The van der Waals surface area contributed by atoms with E-state index in [4.69, 9.17) is 4.74 Å². The highest BCUT2D eigenvalue weighted by molar-refractivity contribution is 5.93. The van der Waals surface area contributed by atoms with Gasteiger partial charge in [-0.15, -0.1) is 0 Å². The number of hydrogen-bond acceptors (Lipinski definition) is 4. The van der Waals surface area contributed by atoms with Crippen molar-refractivity contribution in [3.63, 3.8) is 0 Å². The Morgan fingerprint density at radius 1 is 1.23 bits per heavy atom. The fraction of sp³-hybridized carbons (Fsp3) is 0.524. The summed E-state index contributed by atoms with van der Waals surface area (Å²) >= 11 is 0. The number of amides is 1. The lowest BCUT2D eigenvalue weighted by Gasteiger charge is -2.44. The van der Waals surface area contributed by atoms with E-state index in [-0.39, 0.29) is 12.1 Å². The molecule has 1 aromatic carbocycles. The maximum atomic E-state index is 12.7. The lowest BCUT2D eigenvalue weighted by Crippen LogP contribution is -2.58. The molecule has 0 aliphatic carbocycles. The van der Waals surface area contributed by atoms with Gasteiger partial charge in [0.15, 0.2) is 0 Å². The number of rotatable bonds is 2. The summed E-state index contributed by atoms with van der Waals surface area (Å²) in [7, 11) is 0. The van der Waals surface area contributed by atoms with Gasteiger partial charge in [0.2, 0.25) is 0 Å². The number of fused-ring (bicyclic) bond motifs is 1. The van der Waals surface area contributed by atoms with Crippen molar-refractivity contribution >= 4 is 22.6 Å². The van der Waals surface area contributed by atoms with Crippen molar-refractivity contribution in [1.82, 2.24) is 9.88 Å². The van der Waals surface area contributed by atoms with Gasteiger partial charge >= 0.3 is 6.09 Å². The molecule has 5 heteroatoms. The number of pyridine rings is 1. The molecular formula is C21H29N3O2. The molecule has 1 aliphatic heterocycles. The molecule has 1 amide bonds. The van der Waals surface area contributed by atoms with E-state index in [1.165, 1.54) is 11.1 Å². The smallest absolute Gasteiger partial charge is 0.410 e. The molecule has 0 saturated carbocycles. The Balaban J connectivity index is 1.85. The summed E-state index contributed by atoms with van der Waals surface area (Å²) in [6.45, 7) is 12.3. The first-order valence-corrected chi connectivity index (χ1v) is 9.33. The minimum absolute atomic E-state index is 0.121. The van der Waals surface area contributed by atoms with Gasteiger partial charge in [0.25, 0.3) is 0 Å². The fourth-order valence-corrected chi connectivity index (χ4v) is 3.53. The van der Waals surface area contributed by atoms with Crippen LogP contribution in [-0.2, 0) is 4.74 Å². The Bertz CT molecular complexity index is 777. The third-order valence-corrected chi connectivity index (χ3v) is 4.81. The summed E-state index contributed by atoms with van der Waals surface area (Å²) in [6, 6.07) is 8.50. The molecule has 5 nitrogen and oxygen atoms in total. The number of aromatic nitrogens is 1. The zero-order valence-electron chi connectivity index (χ0n) is 16.4. The summed E-state index contributed by atoms with van der Waals surface area (Å²) in [5, 5.41) is 2.34. The van der Waals surface area contributed by atoms with Crippen molar-refractivity contribution in [3.8, 4) is 0 Å². The topological polar surface area (TPSA) is 45.7 Å². The Morgan fingerprint density at radius 2 is 2.00 bits per heavy atom. The minimum Gasteiger partial charge on any atom is -0.444 e. The number of ether oxygens (including phenoxy) is 1. The Kier molecular flexibility index (Phi) is 5.08. The molecule has 0 radical (unpaired) electrons. The molecule has 0 spiro atoms. The zero-order valence-corrected chi connectivity index (χ0v) is 16.4. The van der Waals surface area contributed by atoms with Gasteiger partial charge in [0.05, 0.1) is 6.04 Å². The maximum Gasteiger partial charge on any atom is 0.410 e. The van der Waals surface area contributed by atoms with Gasteiger partial charge in [0.1, 0.15) is 5.60 Å². The van der Waals surface area contributed by atoms with Gasteiger partial charge in [-0.3, -0.25) is 4.98 Å². The summed E-state index contributed by atoms with van der Waals surface area (Å²) in [5.41, 5.74) is 0.734. The normalized spacial score (nSPS) is 18.5. The molecule has 1 atom stereocenters. The van der Waals surface area contributed by atoms with Crippen LogP contribution in [0.4, 0.5) is 10.5 Å². The first kappa shape index (κ1) is 18.5. The molecular weight excluding hydrogens is 326 g/mol. The van der Waals surface area contributed by atoms with Crippen LogP contribution in [0.25, 0.3) is 10.8 Å². The summed E-state index contributed by atoms with van der Waals surface area (Å²) in [5.74, 6) is 0.349. The van der Waals surface area contributed by atoms with E-state index in [2.05, 4.69) is 48.0 Å². The monoisotopic (exact) mass is 355 g/mol. The SMILES string of the molecule is CC(C)C1CN(c2cccc3cnccc23)CCN1C(=O)OC(C)(C)C. The molecule has 1 aliphatic rings. The molecule has 1 saturated heterocycles. The van der Waals surface area contributed by atoms with Gasteiger partial charge in [-0.2, -0.15) is 0 Å². The number of anilines is 1. The molecule has 1 aromatic heterocycles. The Hall–Kier alpha value is -2.30. The Labute approximate surface area is 156 Å². The Morgan fingerprint density at radius 3 is 2.69 bits per heavy atom. The maximum absolute atomic E-state index is 12.7. The van der Waals surface area contributed by atoms with Gasteiger partial charge in [-0.25, -0.2) is 4.79 Å². The van der Waals surface area contributed by atoms with Crippen LogP contribution < -0.4 is 4.90 Å². The third-order valence-electron chi connectivity index (χ3n) is 4.81. The molecule has 0 N–H and O–H groups in total. The van der Waals surface area contributed by atoms with E-state index < -0.39 is 5.60 Å². The molecule has 3 rings (SSSR count). The second-order valence-electron chi connectivity index (χ2n) is 8.31. The molecule has 2 heterocycles. The first-order valence-electron chi connectivity index (χ1n) is 9.33. The van der Waals surface area contributed by atoms with Crippen molar-refractivity contribution in [2.24, 2.45) is 5.92 Å². The number of hydrogen-bond donors (Lipinski definition) is 0. The lowest BCUT2D eigenvalue weighted by molar-refractivity contribution is 0.00885. The zero-order chi connectivity index (χ0) is 18.9. The van der Waals surface area contributed by atoms with Crippen molar-refractivity contribution in [1.29, 1.82) is 0 Å². The third kappa shape index (κ3) is 3.92. The van der Waals surface area contributed by atoms with Gasteiger partial charge in [-0.05, 0) is 38.8 Å². The highest BCUT2D eigenvalue weighted by Crippen LogP contribution is 2.30. The molecule has 1 unspecified atom stereocenters. The summed E-state index contributed by atoms with van der Waals surface area (Å²) < 4.78 is 5.63. The quantitative estimate of drug-likeness (QED) is 0.805. The van der Waals surface area contributed by atoms with Crippen LogP contribution in [0.2, 0.25) is 0 Å². The number of carbonyl (C=O) groups excluding carboxylic acids is 1. The molecule has 0 bridgehead atoms. The number of benzene rings is 1. The second kappa shape index (κ2) is 7.14. The second-order valence-corrected chi connectivity index (χ2v) is 8.31. The first-order chi connectivity index (χ1) is 12.3. The molecule has 26 heavy (non-hydrogen) atoms. The predicted molar refractivity (Wildman–Crippen MR) is 106 cm³/mol. The van der Waals surface area contributed by atoms with E-state index in [1.54, 1.807) is 0 Å². The van der Waals surface area contributed by atoms with Crippen LogP contribution in [-0.4, -0.2) is 47.3 Å². The van der Waals surface area contributed by atoms with Crippen molar-refractivity contribution < 1.29 is 9.53 Å². The van der Waals surface area contributed by atoms with E-state index in [0.717, 1.165) is 18.5 Å². The molecule has 1 fully saturated rings. The molecule has 2 aromatic rings. The number of carbonyl (C=O) groups is 1. The molecule has 140 valence electrons. The summed E-state index contributed by atoms with van der Waals surface area (Å²) in [6.07, 6.45) is 3.52. The van der Waals surface area contributed by atoms with Crippen molar-refractivity contribution in [2.45, 2.75) is 46.3 Å². The predicted octanol–water partition coefficient (Wildman–Crippen LogP) is 4.32. The van der Waals surface area contributed by atoms with Gasteiger partial charge in [0, 0.05) is 48.5 Å². The number of nitrogens with zero attached hydrogens (tertiary/aromatic N) is 3. The minimum atomic E-state index is -0.474. The van der Waals surface area contributed by atoms with Crippen LogP contribution in [0.3, 0.4) is 0 Å². The highest BCUT2D eigenvalue weighted by atomic mass is 16.6. The average molecular weight is 355 g/mol. The van der Waals surface area contributed by atoms with Crippen molar-refractivity contribution in [3.05, 3.63) is 36.7 Å². The van der Waals surface area contributed by atoms with Crippen LogP contribution in [0.1, 0.15) is 34.6 Å². The van der Waals surface area contributed by atoms with Crippen LogP contribution in [0.5, 0.6) is 0 Å². The standard InChI is InChI=1S/C21H29N3O2/c1-15(2)19-14-23(11-12-24(19)20(25)26-21(3,4)5)18-8-6-7-16-13-22-10-9-17(16)18/h6-10,13,15,19H,11-12,14H2,1-5H3. The van der Waals surface area contributed by atoms with Gasteiger partial charge < -0.3 is 14.5 Å². The van der Waals surface area contributed by atoms with E-state index in [1.807, 2.05) is 38.1 Å². The van der Waals surface area contributed by atoms with E-state index >= 15 is 0 Å². The van der Waals surface area contributed by atoms with Crippen molar-refractivity contribution in [2.75, 3.05) is 24.5 Å². The average Bonchev–Trinajstić information content (AvgIpc) is 2.59. The van der Waals surface area contributed by atoms with Crippen LogP contribution >= 0.6 is 0 Å². The van der Waals surface area contributed by atoms with E-state index in [9.17, 15) is 4.79 Å². The van der Waals surface area contributed by atoms with E-state index in [0.29, 0.717) is 12.5 Å². The fourth-order valence-electron chi connectivity index (χ4n) is 3.53. The van der Waals surface area contributed by atoms with Crippen LogP contribution in [0.15, 0.2) is 36.7 Å². The number of piperazine rings is 1. The summed E-state index contributed by atoms with van der Waals surface area (Å²) in [4.78, 5) is 21.2. The van der Waals surface area contributed by atoms with Gasteiger partial charge in [-0.1, -0.05) is 26.0 Å².